The second-order valence-electron chi connectivity index (χ2n) is 7.59. The molecule has 0 bridgehead atoms. The molecule has 2 fully saturated rings. The number of rotatable bonds is 5. The Morgan fingerprint density at radius 3 is 2.33 bits per heavy atom. The van der Waals surface area contributed by atoms with Gasteiger partial charge in [0, 0.05) is 37.3 Å². The summed E-state index contributed by atoms with van der Waals surface area (Å²) in [6, 6.07) is 11.3. The first kappa shape index (κ1) is 19.4. The predicted molar refractivity (Wildman–Crippen MR) is 101 cm³/mol. The summed E-state index contributed by atoms with van der Waals surface area (Å²) < 4.78 is 5.33. The van der Waals surface area contributed by atoms with E-state index in [0.29, 0.717) is 31.6 Å². The lowest BCUT2D eigenvalue weighted by Gasteiger charge is -2.35. The maximum atomic E-state index is 12.6. The Kier molecular flexibility index (Phi) is 6.46. The quantitative estimate of drug-likeness (QED) is 0.834. The largest absolute Gasteiger partial charge is 0.381 e. The molecule has 1 aliphatic carbocycles. The van der Waals surface area contributed by atoms with Gasteiger partial charge < -0.3 is 15.4 Å². The number of carbonyl (C=O) groups excluding carboxylic acids is 2. The molecule has 6 nitrogen and oxygen atoms in total. The van der Waals surface area contributed by atoms with Crippen LogP contribution in [0.15, 0.2) is 30.3 Å². The third-order valence-corrected chi connectivity index (χ3v) is 5.65. The number of ether oxygens (including phenoxy) is 1. The van der Waals surface area contributed by atoms with Crippen molar-refractivity contribution < 1.29 is 14.3 Å². The summed E-state index contributed by atoms with van der Waals surface area (Å²) in [7, 11) is 0. The van der Waals surface area contributed by atoms with Crippen LogP contribution in [0.5, 0.6) is 0 Å². The minimum atomic E-state index is -0.625. The van der Waals surface area contributed by atoms with Gasteiger partial charge in [0.2, 0.25) is 5.91 Å². The SMILES string of the molecule is N#CC1(CC(=O)N[C@@H]2CCCC[C@H]2NC(=O)c2ccccc2)CCOCC1. The smallest absolute Gasteiger partial charge is 0.251 e. The van der Waals surface area contributed by atoms with Crippen molar-refractivity contribution in [2.75, 3.05) is 13.2 Å². The number of nitrogens with one attached hydrogen (secondary N) is 2. The Morgan fingerprint density at radius 1 is 1.07 bits per heavy atom. The molecule has 27 heavy (non-hydrogen) atoms. The van der Waals surface area contributed by atoms with Crippen LogP contribution in [0.3, 0.4) is 0 Å². The van der Waals surface area contributed by atoms with Crippen LogP contribution in [0.1, 0.15) is 55.3 Å². The molecule has 0 spiro atoms. The predicted octanol–water partition coefficient (Wildman–Crippen LogP) is 2.55. The number of amides is 2. The zero-order valence-corrected chi connectivity index (χ0v) is 15.6. The lowest BCUT2D eigenvalue weighted by Crippen LogP contribution is -2.53. The molecule has 1 saturated heterocycles. The molecule has 1 saturated carbocycles. The van der Waals surface area contributed by atoms with Gasteiger partial charge in [-0.15, -0.1) is 0 Å². The molecule has 6 heteroatoms. The zero-order valence-electron chi connectivity index (χ0n) is 15.6. The van der Waals surface area contributed by atoms with Gasteiger partial charge in [0.15, 0.2) is 0 Å². The fourth-order valence-electron chi connectivity index (χ4n) is 3.97. The van der Waals surface area contributed by atoms with Gasteiger partial charge in [0.25, 0.3) is 5.91 Å². The normalized spacial score (nSPS) is 24.4. The first-order valence-electron chi connectivity index (χ1n) is 9.76. The van der Waals surface area contributed by atoms with E-state index in [-0.39, 0.29) is 30.3 Å². The van der Waals surface area contributed by atoms with E-state index in [1.54, 1.807) is 12.1 Å². The molecule has 2 N–H and O–H groups in total. The van der Waals surface area contributed by atoms with Crippen LogP contribution in [0.4, 0.5) is 0 Å². The van der Waals surface area contributed by atoms with Crippen LogP contribution in [-0.4, -0.2) is 37.1 Å². The van der Waals surface area contributed by atoms with Crippen molar-refractivity contribution >= 4 is 11.8 Å². The molecular weight excluding hydrogens is 342 g/mol. The van der Waals surface area contributed by atoms with Crippen molar-refractivity contribution in [3.8, 4) is 6.07 Å². The lowest BCUT2D eigenvalue weighted by atomic mass is 9.78. The Morgan fingerprint density at radius 2 is 1.70 bits per heavy atom. The minimum Gasteiger partial charge on any atom is -0.381 e. The van der Waals surface area contributed by atoms with E-state index >= 15 is 0 Å². The Hall–Kier alpha value is -2.39. The van der Waals surface area contributed by atoms with E-state index in [1.807, 2.05) is 18.2 Å². The van der Waals surface area contributed by atoms with Crippen LogP contribution in [0, 0.1) is 16.7 Å². The van der Waals surface area contributed by atoms with Crippen LogP contribution in [-0.2, 0) is 9.53 Å². The van der Waals surface area contributed by atoms with Gasteiger partial charge in [-0.3, -0.25) is 9.59 Å². The topological polar surface area (TPSA) is 91.2 Å². The molecule has 2 atom stereocenters. The second kappa shape index (κ2) is 9.01. The number of nitriles is 1. The van der Waals surface area contributed by atoms with Crippen molar-refractivity contribution in [3.05, 3.63) is 35.9 Å². The van der Waals surface area contributed by atoms with Crippen molar-refractivity contribution in [3.63, 3.8) is 0 Å². The third-order valence-electron chi connectivity index (χ3n) is 5.65. The highest BCUT2D eigenvalue weighted by Gasteiger charge is 2.36. The van der Waals surface area contributed by atoms with Crippen LogP contribution in [0.2, 0.25) is 0 Å². The van der Waals surface area contributed by atoms with E-state index in [9.17, 15) is 14.9 Å². The minimum absolute atomic E-state index is 0.0804. The Bertz CT molecular complexity index is 692. The molecule has 3 rings (SSSR count). The van der Waals surface area contributed by atoms with Crippen LogP contribution < -0.4 is 10.6 Å². The van der Waals surface area contributed by atoms with Crippen molar-refractivity contribution in [1.29, 1.82) is 5.26 Å². The monoisotopic (exact) mass is 369 g/mol. The van der Waals surface area contributed by atoms with Gasteiger partial charge in [-0.05, 0) is 37.8 Å². The van der Waals surface area contributed by atoms with E-state index < -0.39 is 5.41 Å². The van der Waals surface area contributed by atoms with E-state index in [2.05, 4.69) is 16.7 Å². The van der Waals surface area contributed by atoms with Gasteiger partial charge in [-0.1, -0.05) is 31.0 Å². The number of nitrogens with zero attached hydrogens (tertiary/aromatic N) is 1. The van der Waals surface area contributed by atoms with E-state index in [4.69, 9.17) is 4.74 Å². The first-order valence-corrected chi connectivity index (χ1v) is 9.76. The maximum absolute atomic E-state index is 12.6. The maximum Gasteiger partial charge on any atom is 0.251 e. The fraction of sp³-hybridized carbons (Fsp3) is 0.571. The molecule has 0 unspecified atom stereocenters. The molecule has 0 aromatic heterocycles. The lowest BCUT2D eigenvalue weighted by molar-refractivity contribution is -0.125. The summed E-state index contributed by atoms with van der Waals surface area (Å²) in [5.41, 5.74) is -0.00134. The molecule has 2 aliphatic rings. The van der Waals surface area contributed by atoms with Crippen molar-refractivity contribution in [2.24, 2.45) is 5.41 Å². The van der Waals surface area contributed by atoms with Crippen molar-refractivity contribution in [1.82, 2.24) is 10.6 Å². The molecule has 144 valence electrons. The van der Waals surface area contributed by atoms with Gasteiger partial charge in [0.1, 0.15) is 0 Å². The highest BCUT2D eigenvalue weighted by atomic mass is 16.5. The third kappa shape index (κ3) is 5.08. The van der Waals surface area contributed by atoms with E-state index in [0.717, 1.165) is 25.7 Å². The van der Waals surface area contributed by atoms with Crippen LogP contribution in [0.25, 0.3) is 0 Å². The van der Waals surface area contributed by atoms with Gasteiger partial charge in [-0.25, -0.2) is 0 Å². The summed E-state index contributed by atoms with van der Waals surface area (Å²) >= 11 is 0. The highest BCUT2D eigenvalue weighted by Crippen LogP contribution is 2.33. The molecule has 0 radical (unpaired) electrons. The molecule has 1 aromatic carbocycles. The molecule has 1 heterocycles. The van der Waals surface area contributed by atoms with Gasteiger partial charge in [-0.2, -0.15) is 5.26 Å². The van der Waals surface area contributed by atoms with Gasteiger partial charge in [0.05, 0.1) is 11.5 Å². The Balaban J connectivity index is 1.59. The fourth-order valence-corrected chi connectivity index (χ4v) is 3.97. The summed E-state index contributed by atoms with van der Waals surface area (Å²) in [6.45, 7) is 1.06. The standard InChI is InChI=1S/C21H27N3O3/c22-15-21(10-12-27-13-11-21)14-19(25)23-17-8-4-5-9-18(17)24-20(26)16-6-2-1-3-7-16/h1-3,6-7,17-18H,4-5,8-14H2,(H,23,25)(H,24,26)/t17-,18-/m1/s1. The number of carbonyl (C=O) groups is 2. The van der Waals surface area contributed by atoms with E-state index in [1.165, 1.54) is 0 Å². The van der Waals surface area contributed by atoms with Crippen LogP contribution >= 0.6 is 0 Å². The first-order chi connectivity index (χ1) is 13.1. The number of hydrogen-bond donors (Lipinski definition) is 2. The molecular formula is C21H27N3O3. The average Bonchev–Trinajstić information content (AvgIpc) is 2.70. The Labute approximate surface area is 160 Å². The number of benzene rings is 1. The summed E-state index contributed by atoms with van der Waals surface area (Å²) in [5, 5.41) is 15.7. The van der Waals surface area contributed by atoms with Gasteiger partial charge >= 0.3 is 0 Å². The average molecular weight is 369 g/mol. The zero-order chi connectivity index (χ0) is 19.1. The summed E-state index contributed by atoms with van der Waals surface area (Å²) in [4.78, 5) is 25.1. The summed E-state index contributed by atoms with van der Waals surface area (Å²) in [6.07, 6.45) is 5.13. The van der Waals surface area contributed by atoms with Crippen molar-refractivity contribution in [2.45, 2.75) is 57.0 Å². The molecule has 2 amide bonds. The highest BCUT2D eigenvalue weighted by molar-refractivity contribution is 5.94. The molecule has 1 aliphatic heterocycles. The molecule has 1 aromatic rings. The summed E-state index contributed by atoms with van der Waals surface area (Å²) in [5.74, 6) is -0.219. The number of hydrogen-bond acceptors (Lipinski definition) is 4. The second-order valence-corrected chi connectivity index (χ2v) is 7.59.